The molecule has 0 spiro atoms. The number of nitrogens with zero attached hydrogens (tertiary/aromatic N) is 2. The zero-order chi connectivity index (χ0) is 19.0. The van der Waals surface area contributed by atoms with Gasteiger partial charge in [-0.05, 0) is 42.8 Å². The third-order valence-electron chi connectivity index (χ3n) is 5.04. The molecule has 6 heteroatoms. The molecule has 138 valence electrons. The van der Waals surface area contributed by atoms with Gasteiger partial charge in [-0.3, -0.25) is 9.59 Å². The lowest BCUT2D eigenvalue weighted by atomic mass is 10.1. The van der Waals surface area contributed by atoms with Gasteiger partial charge in [-0.25, -0.2) is 0 Å². The van der Waals surface area contributed by atoms with Gasteiger partial charge in [0.1, 0.15) is 5.69 Å². The topological polar surface area (TPSA) is 56.4 Å². The largest absolute Gasteiger partial charge is 0.351 e. The number of carbonyl (C=O) groups excluding carboxylic acids is 2. The first-order valence-electron chi connectivity index (χ1n) is 8.95. The molecule has 1 saturated heterocycles. The molecule has 0 unspecified atom stereocenters. The zero-order valence-corrected chi connectivity index (χ0v) is 16.6. The highest BCUT2D eigenvalue weighted by atomic mass is 79.9. The molecule has 2 aromatic carbocycles. The lowest BCUT2D eigenvalue weighted by molar-refractivity contribution is 0.0532. The maximum absolute atomic E-state index is 12.8. The molecule has 0 atom stereocenters. The molecule has 1 N–H and O–H groups in total. The van der Waals surface area contributed by atoms with Crippen LogP contribution >= 0.6 is 15.9 Å². The first-order valence-corrected chi connectivity index (χ1v) is 9.75. The summed E-state index contributed by atoms with van der Waals surface area (Å²) in [7, 11) is 0. The Kier molecular flexibility index (Phi) is 4.74. The lowest BCUT2D eigenvalue weighted by Gasteiger charge is -2.34. The molecule has 1 aliphatic heterocycles. The van der Waals surface area contributed by atoms with E-state index in [0.717, 1.165) is 26.5 Å². The van der Waals surface area contributed by atoms with E-state index in [1.54, 1.807) is 4.90 Å². The van der Waals surface area contributed by atoms with E-state index in [1.807, 2.05) is 60.4 Å². The normalized spacial score (nSPS) is 14.6. The summed E-state index contributed by atoms with van der Waals surface area (Å²) in [6.07, 6.45) is 0. The second kappa shape index (κ2) is 7.19. The molecule has 0 saturated carbocycles. The summed E-state index contributed by atoms with van der Waals surface area (Å²) in [5.41, 5.74) is 3.24. The quantitative estimate of drug-likeness (QED) is 0.677. The molecule has 27 heavy (non-hydrogen) atoms. The van der Waals surface area contributed by atoms with Crippen LogP contribution < -0.4 is 0 Å². The number of piperazine rings is 1. The van der Waals surface area contributed by atoms with E-state index in [4.69, 9.17) is 0 Å². The highest BCUT2D eigenvalue weighted by Crippen LogP contribution is 2.22. The molecule has 4 rings (SSSR count). The number of H-pyrrole nitrogens is 1. The average Bonchev–Trinajstić information content (AvgIpc) is 3.10. The highest BCUT2D eigenvalue weighted by Gasteiger charge is 2.26. The molecular formula is C21H20BrN3O2. The third-order valence-corrected chi connectivity index (χ3v) is 5.54. The lowest BCUT2D eigenvalue weighted by Crippen LogP contribution is -2.50. The Labute approximate surface area is 166 Å². The van der Waals surface area contributed by atoms with Gasteiger partial charge < -0.3 is 14.8 Å². The summed E-state index contributed by atoms with van der Waals surface area (Å²) in [6, 6.07) is 15.4. The van der Waals surface area contributed by atoms with Crippen LogP contribution in [0.5, 0.6) is 0 Å². The van der Waals surface area contributed by atoms with Crippen molar-refractivity contribution in [2.75, 3.05) is 26.2 Å². The predicted octanol–water partition coefficient (Wildman–Crippen LogP) is 3.84. The fourth-order valence-corrected chi connectivity index (χ4v) is 3.86. The molecule has 5 nitrogen and oxygen atoms in total. The van der Waals surface area contributed by atoms with Crippen LogP contribution in [0.25, 0.3) is 10.9 Å². The van der Waals surface area contributed by atoms with Gasteiger partial charge in [-0.1, -0.05) is 34.1 Å². The van der Waals surface area contributed by atoms with Gasteiger partial charge in [-0.2, -0.15) is 0 Å². The first-order chi connectivity index (χ1) is 13.0. The van der Waals surface area contributed by atoms with Gasteiger partial charge in [0.25, 0.3) is 11.8 Å². The summed E-state index contributed by atoms with van der Waals surface area (Å²) >= 11 is 3.45. The van der Waals surface area contributed by atoms with Crippen LogP contribution in [0.2, 0.25) is 0 Å². The fraction of sp³-hybridized carbons (Fsp3) is 0.238. The Morgan fingerprint density at radius 1 is 0.926 bits per heavy atom. The van der Waals surface area contributed by atoms with Crippen LogP contribution in [0.15, 0.2) is 53.0 Å². The zero-order valence-electron chi connectivity index (χ0n) is 15.0. The van der Waals surface area contributed by atoms with Gasteiger partial charge in [0.15, 0.2) is 0 Å². The maximum Gasteiger partial charge on any atom is 0.270 e. The van der Waals surface area contributed by atoms with E-state index in [2.05, 4.69) is 20.9 Å². The van der Waals surface area contributed by atoms with E-state index in [0.29, 0.717) is 31.9 Å². The number of fused-ring (bicyclic) bond motifs is 1. The number of hydrogen-bond donors (Lipinski definition) is 1. The van der Waals surface area contributed by atoms with Crippen molar-refractivity contribution in [3.8, 4) is 0 Å². The van der Waals surface area contributed by atoms with Crippen molar-refractivity contribution in [3.05, 3.63) is 69.8 Å². The minimum atomic E-state index is -0.0229. The van der Waals surface area contributed by atoms with Gasteiger partial charge in [0, 0.05) is 47.1 Å². The van der Waals surface area contributed by atoms with Gasteiger partial charge in [0.05, 0.1) is 0 Å². The van der Waals surface area contributed by atoms with Crippen molar-refractivity contribution in [1.82, 2.24) is 14.8 Å². The highest BCUT2D eigenvalue weighted by molar-refractivity contribution is 9.10. The van der Waals surface area contributed by atoms with Crippen molar-refractivity contribution < 1.29 is 9.59 Å². The standard InChI is InChI=1S/C21H20BrN3O2/c1-14-4-2-3-5-17(14)20(26)24-8-10-25(11-9-24)21(27)19-13-15-12-16(22)6-7-18(15)23-19/h2-7,12-13,23H,8-11H2,1H3. The molecule has 1 fully saturated rings. The van der Waals surface area contributed by atoms with Crippen molar-refractivity contribution in [1.29, 1.82) is 0 Å². The van der Waals surface area contributed by atoms with Crippen LogP contribution in [-0.4, -0.2) is 52.8 Å². The summed E-state index contributed by atoms with van der Waals surface area (Å²) in [6.45, 7) is 4.11. The number of benzene rings is 2. The summed E-state index contributed by atoms with van der Waals surface area (Å²) in [5, 5.41) is 1.00. The number of nitrogens with one attached hydrogen (secondary N) is 1. The number of aromatic nitrogens is 1. The Bertz CT molecular complexity index is 1020. The molecule has 0 radical (unpaired) electrons. The van der Waals surface area contributed by atoms with E-state index < -0.39 is 0 Å². The van der Waals surface area contributed by atoms with E-state index in [9.17, 15) is 9.59 Å². The van der Waals surface area contributed by atoms with Crippen LogP contribution in [0, 0.1) is 6.92 Å². The number of amides is 2. The second-order valence-electron chi connectivity index (χ2n) is 6.81. The van der Waals surface area contributed by atoms with Crippen molar-refractivity contribution in [3.63, 3.8) is 0 Å². The number of aromatic amines is 1. The Morgan fingerprint density at radius 3 is 2.30 bits per heavy atom. The third kappa shape index (κ3) is 3.49. The predicted molar refractivity (Wildman–Crippen MR) is 109 cm³/mol. The summed E-state index contributed by atoms with van der Waals surface area (Å²) < 4.78 is 0.983. The average molecular weight is 426 g/mol. The number of carbonyl (C=O) groups is 2. The number of halogens is 1. The van der Waals surface area contributed by atoms with E-state index >= 15 is 0 Å². The van der Waals surface area contributed by atoms with Crippen LogP contribution in [-0.2, 0) is 0 Å². The van der Waals surface area contributed by atoms with E-state index in [-0.39, 0.29) is 11.8 Å². The second-order valence-corrected chi connectivity index (χ2v) is 7.73. The monoisotopic (exact) mass is 425 g/mol. The summed E-state index contributed by atoms with van der Waals surface area (Å²) in [5.74, 6) is 0.0148. The van der Waals surface area contributed by atoms with Crippen molar-refractivity contribution in [2.24, 2.45) is 0 Å². The molecule has 0 bridgehead atoms. The molecule has 3 aromatic rings. The molecule has 0 aliphatic carbocycles. The molecule has 1 aliphatic rings. The Morgan fingerprint density at radius 2 is 1.59 bits per heavy atom. The van der Waals surface area contributed by atoms with Gasteiger partial charge in [0.2, 0.25) is 0 Å². The molecule has 2 amide bonds. The van der Waals surface area contributed by atoms with Crippen LogP contribution in [0.1, 0.15) is 26.4 Å². The SMILES string of the molecule is Cc1ccccc1C(=O)N1CCN(C(=O)c2cc3cc(Br)ccc3[nH]2)CC1. The van der Waals surface area contributed by atoms with E-state index in [1.165, 1.54) is 0 Å². The molecule has 2 heterocycles. The molecule has 1 aromatic heterocycles. The Balaban J connectivity index is 1.44. The van der Waals surface area contributed by atoms with Crippen molar-refractivity contribution in [2.45, 2.75) is 6.92 Å². The van der Waals surface area contributed by atoms with Crippen LogP contribution in [0.4, 0.5) is 0 Å². The minimum absolute atomic E-state index is 0.0229. The van der Waals surface area contributed by atoms with Gasteiger partial charge >= 0.3 is 0 Å². The summed E-state index contributed by atoms with van der Waals surface area (Å²) in [4.78, 5) is 32.4. The fourth-order valence-electron chi connectivity index (χ4n) is 3.48. The minimum Gasteiger partial charge on any atom is -0.351 e. The first kappa shape index (κ1) is 17.8. The number of hydrogen-bond acceptors (Lipinski definition) is 2. The Hall–Kier alpha value is -2.60. The van der Waals surface area contributed by atoms with Crippen LogP contribution in [0.3, 0.4) is 0 Å². The van der Waals surface area contributed by atoms with Crippen molar-refractivity contribution >= 4 is 38.6 Å². The number of aryl methyl sites for hydroxylation is 1. The molecular weight excluding hydrogens is 406 g/mol. The number of rotatable bonds is 2. The maximum atomic E-state index is 12.8. The van der Waals surface area contributed by atoms with Gasteiger partial charge in [-0.15, -0.1) is 0 Å². The smallest absolute Gasteiger partial charge is 0.270 e.